The Morgan fingerprint density at radius 1 is 1.42 bits per heavy atom. The van der Waals surface area contributed by atoms with Gasteiger partial charge < -0.3 is 5.11 Å². The quantitative estimate of drug-likeness (QED) is 0.761. The Morgan fingerprint density at radius 3 is 2.83 bits per heavy atom. The minimum atomic E-state index is 0.283. The van der Waals surface area contributed by atoms with Crippen molar-refractivity contribution in [1.29, 1.82) is 0 Å². The number of benzene rings is 1. The minimum absolute atomic E-state index is 0.283. The maximum Gasteiger partial charge on any atom is 0.133 e. The summed E-state index contributed by atoms with van der Waals surface area (Å²) in [4.78, 5) is 0. The number of rotatable bonds is 0. The van der Waals surface area contributed by atoms with E-state index in [0.29, 0.717) is 5.02 Å². The summed E-state index contributed by atoms with van der Waals surface area (Å²) in [6, 6.07) is 3.44. The summed E-state index contributed by atoms with van der Waals surface area (Å²) in [5, 5.41) is 12.8. The molecule has 0 radical (unpaired) electrons. The summed E-state index contributed by atoms with van der Waals surface area (Å²) < 4.78 is 1.75. The van der Waals surface area contributed by atoms with E-state index in [9.17, 15) is 5.11 Å². The molecule has 0 aliphatic rings. The van der Waals surface area contributed by atoms with Crippen LogP contribution in [0.15, 0.2) is 22.0 Å². The number of hydrogen-bond donors (Lipinski definition) is 1. The second kappa shape index (κ2) is 2.91. The zero-order chi connectivity index (χ0) is 8.72. The van der Waals surface area contributed by atoms with E-state index >= 15 is 0 Å². The van der Waals surface area contributed by atoms with Gasteiger partial charge in [-0.05, 0) is 12.1 Å². The van der Waals surface area contributed by atoms with E-state index in [2.05, 4.69) is 15.9 Å². The molecule has 1 aromatic heterocycles. The van der Waals surface area contributed by atoms with E-state index in [0.717, 1.165) is 14.6 Å². The van der Waals surface area contributed by atoms with Crippen LogP contribution in [0.5, 0.6) is 5.75 Å². The lowest BCUT2D eigenvalue weighted by atomic mass is 10.2. The van der Waals surface area contributed by atoms with Gasteiger partial charge in [-0.25, -0.2) is 0 Å². The van der Waals surface area contributed by atoms with Gasteiger partial charge in [-0.15, -0.1) is 11.3 Å². The highest BCUT2D eigenvalue weighted by molar-refractivity contribution is 9.10. The van der Waals surface area contributed by atoms with Crippen molar-refractivity contribution in [2.45, 2.75) is 0 Å². The van der Waals surface area contributed by atoms with Crippen LogP contribution in [0.2, 0.25) is 5.02 Å². The third-order valence-corrected chi connectivity index (χ3v) is 3.70. The molecule has 0 saturated carbocycles. The molecule has 0 fully saturated rings. The summed E-state index contributed by atoms with van der Waals surface area (Å²) >= 11 is 10.7. The molecular formula is C8H4BrClOS. The Hall–Kier alpha value is -0.250. The first-order chi connectivity index (χ1) is 5.70. The molecule has 0 unspecified atom stereocenters. The molecule has 1 aromatic carbocycles. The average Bonchev–Trinajstić information content (AvgIpc) is 2.42. The number of phenolic OH excluding ortho intramolecular Hbond substituents is 1. The molecule has 1 N–H and O–H groups in total. The number of fused-ring (bicyclic) bond motifs is 1. The van der Waals surface area contributed by atoms with Crippen LogP contribution in [0, 0.1) is 0 Å². The predicted octanol–water partition coefficient (Wildman–Crippen LogP) is 4.02. The summed E-state index contributed by atoms with van der Waals surface area (Å²) in [6.07, 6.45) is 0. The smallest absolute Gasteiger partial charge is 0.133 e. The van der Waals surface area contributed by atoms with E-state index in [1.165, 1.54) is 11.3 Å². The Balaban J connectivity index is 2.98. The maximum absolute atomic E-state index is 9.44. The highest BCUT2D eigenvalue weighted by Gasteiger charge is 2.08. The first-order valence-corrected chi connectivity index (χ1v) is 5.29. The zero-order valence-electron chi connectivity index (χ0n) is 5.84. The number of thiophene rings is 1. The van der Waals surface area contributed by atoms with Crippen LogP contribution in [0.1, 0.15) is 0 Å². The lowest BCUT2D eigenvalue weighted by molar-refractivity contribution is 0.482. The standard InChI is InChI=1S/C8H4BrClOS/c9-4-1-2-6(11)8-7(4)5(10)3-12-8/h1-3,11H. The van der Waals surface area contributed by atoms with Gasteiger partial charge in [0, 0.05) is 15.2 Å². The molecule has 0 spiro atoms. The Kier molecular flexibility index (Phi) is 2.02. The van der Waals surface area contributed by atoms with Crippen LogP contribution in [-0.2, 0) is 0 Å². The molecule has 2 aromatic rings. The molecule has 62 valence electrons. The van der Waals surface area contributed by atoms with Crippen molar-refractivity contribution >= 4 is 49.0 Å². The third-order valence-electron chi connectivity index (χ3n) is 1.61. The Morgan fingerprint density at radius 2 is 2.17 bits per heavy atom. The first kappa shape index (κ1) is 8.35. The number of phenols is 1. The summed E-state index contributed by atoms with van der Waals surface area (Å²) in [6.45, 7) is 0. The molecule has 0 amide bonds. The van der Waals surface area contributed by atoms with Crippen molar-refractivity contribution in [2.75, 3.05) is 0 Å². The van der Waals surface area contributed by atoms with E-state index in [4.69, 9.17) is 11.6 Å². The van der Waals surface area contributed by atoms with Crippen LogP contribution in [-0.4, -0.2) is 5.11 Å². The van der Waals surface area contributed by atoms with Gasteiger partial charge in [0.2, 0.25) is 0 Å². The molecule has 0 saturated heterocycles. The van der Waals surface area contributed by atoms with Gasteiger partial charge >= 0.3 is 0 Å². The van der Waals surface area contributed by atoms with Crippen molar-refractivity contribution in [3.05, 3.63) is 27.0 Å². The lowest BCUT2D eigenvalue weighted by Crippen LogP contribution is -1.69. The monoisotopic (exact) mass is 262 g/mol. The molecule has 1 nitrogen and oxygen atoms in total. The number of halogens is 2. The highest BCUT2D eigenvalue weighted by atomic mass is 79.9. The summed E-state index contributed by atoms with van der Waals surface area (Å²) in [5.74, 6) is 0.283. The van der Waals surface area contributed by atoms with Gasteiger partial charge in [0.25, 0.3) is 0 Å². The van der Waals surface area contributed by atoms with Crippen LogP contribution in [0.4, 0.5) is 0 Å². The minimum Gasteiger partial charge on any atom is -0.506 e. The van der Waals surface area contributed by atoms with Gasteiger partial charge in [0.1, 0.15) is 5.75 Å². The second-order valence-electron chi connectivity index (χ2n) is 2.35. The van der Waals surface area contributed by atoms with Crippen LogP contribution in [0.3, 0.4) is 0 Å². The van der Waals surface area contributed by atoms with E-state index in [1.807, 2.05) is 5.38 Å². The number of aromatic hydroxyl groups is 1. The molecule has 0 aliphatic heterocycles. The SMILES string of the molecule is Oc1ccc(Br)c2c(Cl)csc12. The predicted molar refractivity (Wildman–Crippen MR) is 56.2 cm³/mol. The average molecular weight is 264 g/mol. The molecule has 2 rings (SSSR count). The van der Waals surface area contributed by atoms with Crippen LogP contribution >= 0.6 is 38.9 Å². The highest BCUT2D eigenvalue weighted by Crippen LogP contribution is 2.40. The van der Waals surface area contributed by atoms with Crippen LogP contribution < -0.4 is 0 Å². The lowest BCUT2D eigenvalue weighted by Gasteiger charge is -1.96. The fourth-order valence-corrected chi connectivity index (χ4v) is 3.10. The second-order valence-corrected chi connectivity index (χ2v) is 4.50. The van der Waals surface area contributed by atoms with E-state index in [-0.39, 0.29) is 5.75 Å². The van der Waals surface area contributed by atoms with Gasteiger partial charge in [-0.1, -0.05) is 27.5 Å². The number of hydrogen-bond acceptors (Lipinski definition) is 2. The van der Waals surface area contributed by atoms with Gasteiger partial charge in [0.05, 0.1) is 9.72 Å². The van der Waals surface area contributed by atoms with Crippen molar-refractivity contribution in [1.82, 2.24) is 0 Å². The van der Waals surface area contributed by atoms with Crippen LogP contribution in [0.25, 0.3) is 10.1 Å². The molecule has 12 heavy (non-hydrogen) atoms. The molecule has 0 bridgehead atoms. The van der Waals surface area contributed by atoms with Crippen molar-refractivity contribution in [3.63, 3.8) is 0 Å². The Bertz CT molecular complexity index is 438. The maximum atomic E-state index is 9.44. The fraction of sp³-hybridized carbons (Fsp3) is 0. The largest absolute Gasteiger partial charge is 0.506 e. The van der Waals surface area contributed by atoms with E-state index < -0.39 is 0 Å². The molecule has 4 heteroatoms. The molecule has 0 aliphatic carbocycles. The van der Waals surface area contributed by atoms with Crippen molar-refractivity contribution in [3.8, 4) is 5.75 Å². The van der Waals surface area contributed by atoms with Gasteiger partial charge in [0.15, 0.2) is 0 Å². The van der Waals surface area contributed by atoms with Crippen molar-refractivity contribution in [2.24, 2.45) is 0 Å². The topological polar surface area (TPSA) is 20.2 Å². The normalized spacial score (nSPS) is 10.8. The summed E-state index contributed by atoms with van der Waals surface area (Å²) in [7, 11) is 0. The fourth-order valence-electron chi connectivity index (χ4n) is 1.06. The summed E-state index contributed by atoms with van der Waals surface area (Å²) in [5.41, 5.74) is 0. The molecular weight excluding hydrogens is 260 g/mol. The first-order valence-electron chi connectivity index (χ1n) is 3.24. The molecule has 0 atom stereocenters. The van der Waals surface area contributed by atoms with Gasteiger partial charge in [-0.3, -0.25) is 0 Å². The van der Waals surface area contributed by atoms with Gasteiger partial charge in [-0.2, -0.15) is 0 Å². The third kappa shape index (κ3) is 1.13. The zero-order valence-corrected chi connectivity index (χ0v) is 9.00. The van der Waals surface area contributed by atoms with Crippen molar-refractivity contribution < 1.29 is 5.11 Å². The molecule has 1 heterocycles. The Labute approximate surface area is 86.7 Å². The van der Waals surface area contributed by atoms with E-state index in [1.54, 1.807) is 12.1 Å².